The van der Waals surface area contributed by atoms with Gasteiger partial charge < -0.3 is 15.0 Å². The molecule has 1 atom stereocenters. The van der Waals surface area contributed by atoms with Crippen molar-refractivity contribution in [2.75, 3.05) is 0 Å². The molecule has 0 amide bonds. The summed E-state index contributed by atoms with van der Waals surface area (Å²) < 4.78 is 0. The first kappa shape index (κ1) is 18.4. The second-order valence-electron chi connectivity index (χ2n) is 5.00. The number of aliphatic carboxylic acids is 2. The van der Waals surface area contributed by atoms with Gasteiger partial charge in [0.25, 0.3) is 0 Å². The minimum atomic E-state index is -1.09. The maximum atomic E-state index is 10.8. The number of carboxylic acids is 2. The first-order valence-electron chi connectivity index (χ1n) is 7.02. The fourth-order valence-corrected chi connectivity index (χ4v) is 1.85. The second-order valence-corrected chi connectivity index (χ2v) is 5.00. The Balaban J connectivity index is 3.66. The van der Waals surface area contributed by atoms with E-state index in [0.29, 0.717) is 6.42 Å². The highest BCUT2D eigenvalue weighted by Gasteiger charge is 2.18. The average molecular weight is 284 g/mol. The highest BCUT2D eigenvalue weighted by Crippen LogP contribution is 2.11. The Hall–Kier alpha value is -1.65. The van der Waals surface area contributed by atoms with E-state index in [9.17, 15) is 14.4 Å². The Morgan fingerprint density at radius 2 is 1.65 bits per heavy atom. The molecule has 0 rings (SSSR count). The third-order valence-corrected chi connectivity index (χ3v) is 3.01. The van der Waals surface area contributed by atoms with Gasteiger partial charge in [0.2, 0.25) is 0 Å². The first-order chi connectivity index (χ1) is 9.43. The number of allylic oxidation sites excluding steroid dienone is 2. The summed E-state index contributed by atoms with van der Waals surface area (Å²) in [5, 5.41) is 17.4. The summed E-state index contributed by atoms with van der Waals surface area (Å²) in [4.78, 5) is 32.0. The van der Waals surface area contributed by atoms with Gasteiger partial charge in [0.05, 0.1) is 12.3 Å². The van der Waals surface area contributed by atoms with Crippen molar-refractivity contribution in [2.24, 2.45) is 5.92 Å². The summed E-state index contributed by atoms with van der Waals surface area (Å²) in [6.45, 7) is 1.60. The lowest BCUT2D eigenvalue weighted by molar-refractivity contribution is -0.148. The molecule has 5 nitrogen and oxygen atoms in total. The molecule has 2 N–H and O–H groups in total. The Labute approximate surface area is 119 Å². The fourth-order valence-electron chi connectivity index (χ4n) is 1.85. The molecule has 0 saturated heterocycles. The number of Topliss-reactive ketones (excluding diaryl/α,β-unsaturated/α-hetero) is 1. The van der Waals surface area contributed by atoms with Crippen LogP contribution >= 0.6 is 0 Å². The Morgan fingerprint density at radius 1 is 1.00 bits per heavy atom. The molecule has 0 aliphatic rings. The minimum absolute atomic E-state index is 0.225. The van der Waals surface area contributed by atoms with Crippen LogP contribution < -0.4 is 0 Å². The van der Waals surface area contributed by atoms with Crippen molar-refractivity contribution in [1.82, 2.24) is 0 Å². The van der Waals surface area contributed by atoms with Crippen molar-refractivity contribution < 1.29 is 24.6 Å². The number of ketones is 1. The molecular formula is C15H24O5. The van der Waals surface area contributed by atoms with Crippen LogP contribution in [0.15, 0.2) is 12.2 Å². The van der Waals surface area contributed by atoms with Crippen molar-refractivity contribution >= 4 is 17.7 Å². The molecule has 0 fully saturated rings. The van der Waals surface area contributed by atoms with Crippen LogP contribution in [0, 0.1) is 5.92 Å². The van der Waals surface area contributed by atoms with Crippen molar-refractivity contribution in [3.05, 3.63) is 12.2 Å². The zero-order chi connectivity index (χ0) is 15.4. The fraction of sp³-hybridized carbons (Fsp3) is 0.667. The zero-order valence-corrected chi connectivity index (χ0v) is 12.0. The van der Waals surface area contributed by atoms with Gasteiger partial charge in [-0.3, -0.25) is 9.59 Å². The monoisotopic (exact) mass is 284 g/mol. The van der Waals surface area contributed by atoms with Gasteiger partial charge in [0.15, 0.2) is 0 Å². The number of carboxylic acid groups (broad SMARTS) is 2. The molecule has 0 aromatic carbocycles. The SMILES string of the molecule is CC(=O)CCCCCC/C=C/C[C@H](CC(=O)O)C(=O)O. The van der Waals surface area contributed by atoms with Crippen LogP contribution in [0.4, 0.5) is 0 Å². The van der Waals surface area contributed by atoms with Gasteiger partial charge in [0.1, 0.15) is 5.78 Å². The van der Waals surface area contributed by atoms with Crippen molar-refractivity contribution in [3.63, 3.8) is 0 Å². The molecule has 0 aliphatic heterocycles. The van der Waals surface area contributed by atoms with Gasteiger partial charge in [0, 0.05) is 6.42 Å². The minimum Gasteiger partial charge on any atom is -0.481 e. The maximum absolute atomic E-state index is 10.8. The van der Waals surface area contributed by atoms with Crippen LogP contribution in [0.2, 0.25) is 0 Å². The molecule has 20 heavy (non-hydrogen) atoms. The summed E-state index contributed by atoms with van der Waals surface area (Å²) in [6.07, 6.45) is 9.09. The highest BCUT2D eigenvalue weighted by molar-refractivity contribution is 5.77. The maximum Gasteiger partial charge on any atom is 0.307 e. The van der Waals surface area contributed by atoms with Crippen molar-refractivity contribution in [1.29, 1.82) is 0 Å². The molecular weight excluding hydrogens is 260 g/mol. The first-order valence-corrected chi connectivity index (χ1v) is 7.02. The number of hydrogen-bond acceptors (Lipinski definition) is 3. The van der Waals surface area contributed by atoms with Crippen LogP contribution in [0.3, 0.4) is 0 Å². The van der Waals surface area contributed by atoms with E-state index in [-0.39, 0.29) is 18.6 Å². The molecule has 0 spiro atoms. The van der Waals surface area contributed by atoms with Crippen LogP contribution in [-0.4, -0.2) is 27.9 Å². The normalized spacial score (nSPS) is 12.4. The largest absolute Gasteiger partial charge is 0.481 e. The lowest BCUT2D eigenvalue weighted by Crippen LogP contribution is -2.16. The molecule has 0 bridgehead atoms. The van der Waals surface area contributed by atoms with E-state index in [1.165, 1.54) is 0 Å². The highest BCUT2D eigenvalue weighted by atomic mass is 16.4. The molecule has 0 aliphatic carbocycles. The number of unbranched alkanes of at least 4 members (excludes halogenated alkanes) is 4. The van der Waals surface area contributed by atoms with Crippen molar-refractivity contribution in [3.8, 4) is 0 Å². The number of carbonyl (C=O) groups is 3. The molecule has 0 heterocycles. The van der Waals surface area contributed by atoms with E-state index in [1.807, 2.05) is 6.08 Å². The second kappa shape index (κ2) is 11.2. The van der Waals surface area contributed by atoms with Gasteiger partial charge >= 0.3 is 11.9 Å². The summed E-state index contributed by atoms with van der Waals surface area (Å²) in [6, 6.07) is 0. The molecule has 0 unspecified atom stereocenters. The van der Waals surface area contributed by atoms with Gasteiger partial charge in [-0.25, -0.2) is 0 Å². The third-order valence-electron chi connectivity index (χ3n) is 3.01. The van der Waals surface area contributed by atoms with E-state index >= 15 is 0 Å². The van der Waals surface area contributed by atoms with Gasteiger partial charge in [-0.1, -0.05) is 25.0 Å². The molecule has 0 saturated carbocycles. The van der Waals surface area contributed by atoms with Crippen LogP contribution in [0.5, 0.6) is 0 Å². The Bertz CT molecular complexity index is 346. The van der Waals surface area contributed by atoms with Gasteiger partial charge in [-0.15, -0.1) is 0 Å². The summed E-state index contributed by atoms with van der Waals surface area (Å²) >= 11 is 0. The van der Waals surface area contributed by atoms with E-state index in [1.54, 1.807) is 13.0 Å². The van der Waals surface area contributed by atoms with Gasteiger partial charge in [-0.05, 0) is 32.6 Å². The lowest BCUT2D eigenvalue weighted by atomic mass is 10.0. The molecule has 0 aromatic rings. The lowest BCUT2D eigenvalue weighted by Gasteiger charge is -2.05. The zero-order valence-electron chi connectivity index (χ0n) is 12.0. The molecule has 114 valence electrons. The molecule has 0 aromatic heterocycles. The smallest absolute Gasteiger partial charge is 0.307 e. The predicted molar refractivity (Wildman–Crippen MR) is 75.5 cm³/mol. The molecule has 0 radical (unpaired) electrons. The predicted octanol–water partition coefficient (Wildman–Crippen LogP) is 3.04. The van der Waals surface area contributed by atoms with Crippen LogP contribution in [-0.2, 0) is 14.4 Å². The topological polar surface area (TPSA) is 91.7 Å². The number of hydrogen-bond donors (Lipinski definition) is 2. The summed E-state index contributed by atoms with van der Waals surface area (Å²) in [5.74, 6) is -2.78. The van der Waals surface area contributed by atoms with E-state index in [2.05, 4.69) is 0 Å². The van der Waals surface area contributed by atoms with E-state index in [4.69, 9.17) is 10.2 Å². The number of rotatable bonds is 12. The number of carbonyl (C=O) groups excluding carboxylic acids is 1. The Morgan fingerprint density at radius 3 is 2.20 bits per heavy atom. The van der Waals surface area contributed by atoms with Crippen molar-refractivity contribution in [2.45, 2.75) is 58.3 Å². The summed E-state index contributed by atoms with van der Waals surface area (Å²) in [7, 11) is 0. The van der Waals surface area contributed by atoms with E-state index < -0.39 is 17.9 Å². The third kappa shape index (κ3) is 11.4. The average Bonchev–Trinajstić information content (AvgIpc) is 2.34. The molecule has 5 heteroatoms. The summed E-state index contributed by atoms with van der Waals surface area (Å²) in [5.41, 5.74) is 0. The van der Waals surface area contributed by atoms with Gasteiger partial charge in [-0.2, -0.15) is 0 Å². The quantitative estimate of drug-likeness (QED) is 0.424. The van der Waals surface area contributed by atoms with Crippen LogP contribution in [0.25, 0.3) is 0 Å². The van der Waals surface area contributed by atoms with E-state index in [0.717, 1.165) is 32.1 Å². The standard InChI is InChI=1S/C15H24O5/c1-12(16)9-7-5-3-2-4-6-8-10-13(15(19)20)11-14(17)18/h6,8,13H,2-5,7,9-11H2,1H3,(H,17,18)(H,19,20)/b8-6+/t13-/m1/s1. The Kier molecular flexibility index (Phi) is 10.3. The van der Waals surface area contributed by atoms with Crippen LogP contribution in [0.1, 0.15) is 58.3 Å².